The molecule has 0 unspecified atom stereocenters. The fourth-order valence-corrected chi connectivity index (χ4v) is 1.88. The van der Waals surface area contributed by atoms with Gasteiger partial charge in [-0.2, -0.15) is 0 Å². The molecule has 1 N–H and O–H groups in total. The van der Waals surface area contributed by atoms with Crippen molar-refractivity contribution in [1.82, 2.24) is 5.32 Å². The summed E-state index contributed by atoms with van der Waals surface area (Å²) in [6.45, 7) is 0.560. The lowest BCUT2D eigenvalue weighted by atomic mass is 10.1. The number of benzene rings is 1. The van der Waals surface area contributed by atoms with E-state index in [0.717, 1.165) is 15.8 Å². The standard InChI is InChI=1S/C9H8BrNO2/c1-13-8-3-5(10)2-6-7(8)4-11-9(6)12/h2-3H,4H2,1H3,(H,11,12). The number of ether oxygens (including phenoxy) is 1. The van der Waals surface area contributed by atoms with Crippen molar-refractivity contribution in [2.45, 2.75) is 6.54 Å². The highest BCUT2D eigenvalue weighted by atomic mass is 79.9. The minimum Gasteiger partial charge on any atom is -0.496 e. The zero-order valence-corrected chi connectivity index (χ0v) is 8.64. The van der Waals surface area contributed by atoms with Crippen molar-refractivity contribution in [2.75, 3.05) is 7.11 Å². The molecule has 0 atom stereocenters. The lowest BCUT2D eigenvalue weighted by Crippen LogP contribution is -2.12. The molecule has 13 heavy (non-hydrogen) atoms. The maximum Gasteiger partial charge on any atom is 0.252 e. The van der Waals surface area contributed by atoms with Gasteiger partial charge < -0.3 is 10.1 Å². The van der Waals surface area contributed by atoms with Crippen LogP contribution in [0.5, 0.6) is 5.75 Å². The van der Waals surface area contributed by atoms with E-state index in [1.54, 1.807) is 13.2 Å². The topological polar surface area (TPSA) is 38.3 Å². The Bertz CT molecular complexity index is 376. The van der Waals surface area contributed by atoms with Gasteiger partial charge in [0.15, 0.2) is 0 Å². The molecule has 0 spiro atoms. The van der Waals surface area contributed by atoms with Crippen LogP contribution >= 0.6 is 15.9 Å². The maximum atomic E-state index is 11.3. The Morgan fingerprint density at radius 3 is 3.00 bits per heavy atom. The third-order valence-corrected chi connectivity index (χ3v) is 2.52. The molecule has 0 bridgehead atoms. The first-order valence-electron chi connectivity index (χ1n) is 3.87. The summed E-state index contributed by atoms with van der Waals surface area (Å²) in [6.07, 6.45) is 0. The Balaban J connectivity index is 2.63. The number of halogens is 1. The van der Waals surface area contributed by atoms with Gasteiger partial charge in [-0.25, -0.2) is 0 Å². The van der Waals surface area contributed by atoms with E-state index >= 15 is 0 Å². The second-order valence-corrected chi connectivity index (χ2v) is 3.73. The van der Waals surface area contributed by atoms with Crippen molar-refractivity contribution < 1.29 is 9.53 Å². The zero-order valence-electron chi connectivity index (χ0n) is 7.06. The van der Waals surface area contributed by atoms with Crippen LogP contribution in [0, 0.1) is 0 Å². The van der Waals surface area contributed by atoms with Gasteiger partial charge in [-0.05, 0) is 12.1 Å². The molecule has 68 valence electrons. The van der Waals surface area contributed by atoms with Crippen LogP contribution in [0.4, 0.5) is 0 Å². The molecule has 1 amide bonds. The first-order valence-corrected chi connectivity index (χ1v) is 4.66. The molecule has 3 nitrogen and oxygen atoms in total. The molecule has 4 heteroatoms. The van der Waals surface area contributed by atoms with E-state index in [-0.39, 0.29) is 5.91 Å². The van der Waals surface area contributed by atoms with Crippen molar-refractivity contribution in [2.24, 2.45) is 0 Å². The highest BCUT2D eigenvalue weighted by Gasteiger charge is 2.22. The summed E-state index contributed by atoms with van der Waals surface area (Å²) in [5.74, 6) is 0.720. The minimum atomic E-state index is -0.0328. The summed E-state index contributed by atoms with van der Waals surface area (Å²) in [4.78, 5) is 11.3. The van der Waals surface area contributed by atoms with Gasteiger partial charge in [-0.1, -0.05) is 15.9 Å². The smallest absolute Gasteiger partial charge is 0.252 e. The molecule has 1 heterocycles. The molecule has 0 fully saturated rings. The van der Waals surface area contributed by atoms with Crippen LogP contribution in [0.2, 0.25) is 0 Å². The number of hydrogen-bond acceptors (Lipinski definition) is 2. The fraction of sp³-hybridized carbons (Fsp3) is 0.222. The van der Waals surface area contributed by atoms with Crippen molar-refractivity contribution >= 4 is 21.8 Å². The maximum absolute atomic E-state index is 11.3. The molecule has 0 aromatic heterocycles. The highest BCUT2D eigenvalue weighted by molar-refractivity contribution is 9.10. The van der Waals surface area contributed by atoms with E-state index in [0.29, 0.717) is 12.1 Å². The number of hydrogen-bond donors (Lipinski definition) is 1. The second-order valence-electron chi connectivity index (χ2n) is 2.82. The van der Waals surface area contributed by atoms with E-state index in [1.807, 2.05) is 6.07 Å². The number of rotatable bonds is 1. The van der Waals surface area contributed by atoms with Crippen LogP contribution < -0.4 is 10.1 Å². The molecular formula is C9H8BrNO2. The lowest BCUT2D eigenvalue weighted by Gasteiger charge is -2.05. The van der Waals surface area contributed by atoms with Gasteiger partial charge in [0.2, 0.25) is 0 Å². The summed E-state index contributed by atoms with van der Waals surface area (Å²) in [6, 6.07) is 3.67. The third-order valence-electron chi connectivity index (χ3n) is 2.06. The SMILES string of the molecule is COc1cc(Br)cc2c1CNC2=O. The average molecular weight is 242 g/mol. The van der Waals surface area contributed by atoms with Crippen LogP contribution in [0.1, 0.15) is 15.9 Å². The first-order chi connectivity index (χ1) is 6.22. The summed E-state index contributed by atoms with van der Waals surface area (Å²) < 4.78 is 6.03. The summed E-state index contributed by atoms with van der Waals surface area (Å²) in [5, 5.41) is 2.75. The van der Waals surface area contributed by atoms with Gasteiger partial charge in [0.05, 0.1) is 7.11 Å². The number of amides is 1. The Hall–Kier alpha value is -1.03. The lowest BCUT2D eigenvalue weighted by molar-refractivity contribution is 0.0965. The van der Waals surface area contributed by atoms with E-state index in [9.17, 15) is 4.79 Å². The van der Waals surface area contributed by atoms with E-state index in [1.165, 1.54) is 0 Å². The quantitative estimate of drug-likeness (QED) is 0.813. The van der Waals surface area contributed by atoms with Gasteiger partial charge in [-0.15, -0.1) is 0 Å². The largest absolute Gasteiger partial charge is 0.496 e. The Morgan fingerprint density at radius 2 is 2.31 bits per heavy atom. The van der Waals surface area contributed by atoms with Gasteiger partial charge in [0.1, 0.15) is 5.75 Å². The molecule has 0 aliphatic carbocycles. The number of fused-ring (bicyclic) bond motifs is 1. The van der Waals surface area contributed by atoms with Crippen molar-refractivity contribution in [3.63, 3.8) is 0 Å². The molecule has 0 saturated carbocycles. The van der Waals surface area contributed by atoms with Gasteiger partial charge >= 0.3 is 0 Å². The van der Waals surface area contributed by atoms with Crippen molar-refractivity contribution in [3.05, 3.63) is 27.7 Å². The molecule has 1 aliphatic rings. The van der Waals surface area contributed by atoms with Crippen molar-refractivity contribution in [1.29, 1.82) is 0 Å². The molecular weight excluding hydrogens is 234 g/mol. The van der Waals surface area contributed by atoms with Crippen LogP contribution in [0.15, 0.2) is 16.6 Å². The summed E-state index contributed by atoms with van der Waals surface area (Å²) in [5.41, 5.74) is 1.64. The summed E-state index contributed by atoms with van der Waals surface area (Å²) in [7, 11) is 1.60. The van der Waals surface area contributed by atoms with E-state index in [4.69, 9.17) is 4.74 Å². The number of carbonyl (C=O) groups excluding carboxylic acids is 1. The first kappa shape index (κ1) is 8.56. The highest BCUT2D eigenvalue weighted by Crippen LogP contribution is 2.30. The van der Waals surface area contributed by atoms with Crippen LogP contribution in [0.3, 0.4) is 0 Å². The van der Waals surface area contributed by atoms with Gasteiger partial charge in [0.25, 0.3) is 5.91 Å². The number of carbonyl (C=O) groups is 1. The normalized spacial score (nSPS) is 13.8. The molecule has 1 aliphatic heterocycles. The second kappa shape index (κ2) is 3.03. The van der Waals surface area contributed by atoms with Gasteiger partial charge in [-0.3, -0.25) is 4.79 Å². The minimum absolute atomic E-state index is 0.0328. The van der Waals surface area contributed by atoms with Gasteiger partial charge in [0, 0.05) is 22.1 Å². The van der Waals surface area contributed by atoms with E-state index in [2.05, 4.69) is 21.2 Å². The molecule has 1 aromatic rings. The monoisotopic (exact) mass is 241 g/mol. The van der Waals surface area contributed by atoms with Crippen LogP contribution in [-0.4, -0.2) is 13.0 Å². The molecule has 2 rings (SSSR count). The predicted molar refractivity (Wildman–Crippen MR) is 51.9 cm³/mol. The van der Waals surface area contributed by atoms with E-state index < -0.39 is 0 Å². The number of nitrogens with one attached hydrogen (secondary N) is 1. The Labute approximate surface area is 84.2 Å². The summed E-state index contributed by atoms with van der Waals surface area (Å²) >= 11 is 3.32. The molecule has 0 radical (unpaired) electrons. The zero-order chi connectivity index (χ0) is 9.42. The van der Waals surface area contributed by atoms with Crippen LogP contribution in [-0.2, 0) is 6.54 Å². The Morgan fingerprint density at radius 1 is 1.54 bits per heavy atom. The Kier molecular flexibility index (Phi) is 2.00. The third kappa shape index (κ3) is 1.31. The average Bonchev–Trinajstić information content (AvgIpc) is 2.47. The number of methoxy groups -OCH3 is 1. The fourth-order valence-electron chi connectivity index (χ4n) is 1.44. The predicted octanol–water partition coefficient (Wildman–Crippen LogP) is 1.70. The van der Waals surface area contributed by atoms with Crippen molar-refractivity contribution in [3.8, 4) is 5.75 Å². The molecule has 1 aromatic carbocycles. The molecule has 0 saturated heterocycles. The van der Waals surface area contributed by atoms with Crippen LogP contribution in [0.25, 0.3) is 0 Å².